The molecule has 2 aliphatic rings. The Morgan fingerprint density at radius 3 is 2.96 bits per heavy atom. The molecule has 2 aromatic rings. The maximum absolute atomic E-state index is 12.3. The maximum atomic E-state index is 12.3. The summed E-state index contributed by atoms with van der Waals surface area (Å²) in [5.74, 6) is 0.884. The monoisotopic (exact) mass is 340 g/mol. The Hall–Kier alpha value is -2.34. The standard InChI is InChI=1S/C19H24N4O2/c1-14-13-25-10-9-22(14)15-11-18(21-19(24)12-15)23-8-4-6-17(23)16-5-2-3-7-20-16/h2-3,5,7,11-12,14,17H,4,6,8-10,13H2,1H3,(H,21,24)/t14-,17+/m1/s1. The summed E-state index contributed by atoms with van der Waals surface area (Å²) in [5, 5.41) is 0. The molecular formula is C19H24N4O2. The van der Waals surface area contributed by atoms with Gasteiger partial charge in [0.25, 0.3) is 5.56 Å². The van der Waals surface area contributed by atoms with Gasteiger partial charge in [-0.1, -0.05) is 6.07 Å². The van der Waals surface area contributed by atoms with Gasteiger partial charge in [0.05, 0.1) is 24.9 Å². The first-order chi connectivity index (χ1) is 12.2. The molecule has 0 saturated carbocycles. The first-order valence-corrected chi connectivity index (χ1v) is 8.99. The molecule has 0 aliphatic carbocycles. The third-order valence-corrected chi connectivity index (χ3v) is 5.11. The Morgan fingerprint density at radius 2 is 2.16 bits per heavy atom. The lowest BCUT2D eigenvalue weighted by molar-refractivity contribution is 0.0989. The number of anilines is 2. The molecule has 0 amide bonds. The summed E-state index contributed by atoms with van der Waals surface area (Å²) in [4.78, 5) is 24.4. The number of hydrogen-bond donors (Lipinski definition) is 1. The Morgan fingerprint density at radius 1 is 1.24 bits per heavy atom. The van der Waals surface area contributed by atoms with Crippen LogP contribution in [0.3, 0.4) is 0 Å². The smallest absolute Gasteiger partial charge is 0.251 e. The number of rotatable bonds is 3. The van der Waals surface area contributed by atoms with E-state index in [1.165, 1.54) is 0 Å². The van der Waals surface area contributed by atoms with Crippen molar-refractivity contribution in [2.75, 3.05) is 36.1 Å². The van der Waals surface area contributed by atoms with Gasteiger partial charge in [0, 0.05) is 43.1 Å². The second-order valence-corrected chi connectivity index (χ2v) is 6.81. The first-order valence-electron chi connectivity index (χ1n) is 8.99. The van der Waals surface area contributed by atoms with E-state index in [1.54, 1.807) is 6.07 Å². The second kappa shape index (κ2) is 6.88. The predicted molar refractivity (Wildman–Crippen MR) is 98.2 cm³/mol. The summed E-state index contributed by atoms with van der Waals surface area (Å²) < 4.78 is 5.52. The molecule has 2 fully saturated rings. The number of H-pyrrole nitrogens is 1. The fraction of sp³-hybridized carbons (Fsp3) is 0.474. The zero-order chi connectivity index (χ0) is 17.2. The minimum atomic E-state index is -0.0575. The Labute approximate surface area is 147 Å². The van der Waals surface area contributed by atoms with Crippen molar-refractivity contribution in [1.29, 1.82) is 0 Å². The van der Waals surface area contributed by atoms with Crippen LogP contribution in [-0.2, 0) is 4.74 Å². The molecule has 2 aliphatic heterocycles. The highest BCUT2D eigenvalue weighted by Crippen LogP contribution is 2.35. The first kappa shape index (κ1) is 16.1. The summed E-state index contributed by atoms with van der Waals surface area (Å²) >= 11 is 0. The fourth-order valence-electron chi connectivity index (χ4n) is 3.88. The summed E-state index contributed by atoms with van der Waals surface area (Å²) in [6.07, 6.45) is 3.99. The van der Waals surface area contributed by atoms with Gasteiger partial charge < -0.3 is 19.5 Å². The molecule has 2 atom stereocenters. The molecule has 25 heavy (non-hydrogen) atoms. The van der Waals surface area contributed by atoms with Gasteiger partial charge >= 0.3 is 0 Å². The van der Waals surface area contributed by atoms with Gasteiger partial charge in [0.1, 0.15) is 5.82 Å². The van der Waals surface area contributed by atoms with E-state index in [0.29, 0.717) is 13.2 Å². The minimum absolute atomic E-state index is 0.0575. The van der Waals surface area contributed by atoms with E-state index in [4.69, 9.17) is 4.74 Å². The zero-order valence-corrected chi connectivity index (χ0v) is 14.5. The van der Waals surface area contributed by atoms with Crippen molar-refractivity contribution in [2.24, 2.45) is 0 Å². The van der Waals surface area contributed by atoms with Crippen molar-refractivity contribution < 1.29 is 4.74 Å². The van der Waals surface area contributed by atoms with Gasteiger partial charge in [0.2, 0.25) is 0 Å². The Kier molecular flexibility index (Phi) is 4.44. The summed E-state index contributed by atoms with van der Waals surface area (Å²) in [7, 11) is 0. The van der Waals surface area contributed by atoms with E-state index in [-0.39, 0.29) is 17.6 Å². The average Bonchev–Trinajstić information content (AvgIpc) is 3.12. The van der Waals surface area contributed by atoms with E-state index < -0.39 is 0 Å². The van der Waals surface area contributed by atoms with E-state index in [9.17, 15) is 4.79 Å². The van der Waals surface area contributed by atoms with Crippen LogP contribution >= 0.6 is 0 Å². The lowest BCUT2D eigenvalue weighted by atomic mass is 10.1. The average molecular weight is 340 g/mol. The highest BCUT2D eigenvalue weighted by molar-refractivity contribution is 5.57. The number of nitrogens with zero attached hydrogens (tertiary/aromatic N) is 3. The van der Waals surface area contributed by atoms with Gasteiger partial charge in [-0.15, -0.1) is 0 Å². The number of hydrogen-bond acceptors (Lipinski definition) is 5. The minimum Gasteiger partial charge on any atom is -0.377 e. The number of aromatic nitrogens is 2. The van der Waals surface area contributed by atoms with E-state index in [2.05, 4.69) is 38.8 Å². The fourth-order valence-corrected chi connectivity index (χ4v) is 3.88. The normalized spacial score (nSPS) is 23.9. The van der Waals surface area contributed by atoms with E-state index in [1.807, 2.05) is 18.3 Å². The highest BCUT2D eigenvalue weighted by Gasteiger charge is 2.29. The highest BCUT2D eigenvalue weighted by atomic mass is 16.5. The molecule has 0 aromatic carbocycles. The van der Waals surface area contributed by atoms with Gasteiger partial charge in [-0.25, -0.2) is 0 Å². The number of nitrogens with one attached hydrogen (secondary N) is 1. The third-order valence-electron chi connectivity index (χ3n) is 5.11. The van der Waals surface area contributed by atoms with E-state index >= 15 is 0 Å². The quantitative estimate of drug-likeness (QED) is 0.929. The van der Waals surface area contributed by atoms with Crippen LogP contribution in [0.4, 0.5) is 11.5 Å². The number of morpholine rings is 1. The number of ether oxygens (including phenoxy) is 1. The molecule has 0 bridgehead atoms. The lowest BCUT2D eigenvalue weighted by Crippen LogP contribution is -2.44. The number of pyridine rings is 2. The van der Waals surface area contributed by atoms with Crippen LogP contribution in [0.15, 0.2) is 41.3 Å². The van der Waals surface area contributed by atoms with Crippen molar-refractivity contribution >= 4 is 11.5 Å². The van der Waals surface area contributed by atoms with Crippen molar-refractivity contribution in [3.05, 3.63) is 52.6 Å². The van der Waals surface area contributed by atoms with Crippen LogP contribution in [0.5, 0.6) is 0 Å². The SMILES string of the molecule is C[C@@H]1COCCN1c1cc(N2CCC[C@H]2c2ccccn2)[nH]c(=O)c1. The van der Waals surface area contributed by atoms with Crippen LogP contribution in [0.25, 0.3) is 0 Å². The van der Waals surface area contributed by atoms with Gasteiger partial charge in [-0.3, -0.25) is 9.78 Å². The van der Waals surface area contributed by atoms with Crippen molar-refractivity contribution in [3.8, 4) is 0 Å². The van der Waals surface area contributed by atoms with Crippen LogP contribution < -0.4 is 15.4 Å². The molecule has 0 spiro atoms. The largest absolute Gasteiger partial charge is 0.377 e. The van der Waals surface area contributed by atoms with Crippen molar-refractivity contribution in [3.63, 3.8) is 0 Å². The topological polar surface area (TPSA) is 61.5 Å². The molecule has 2 saturated heterocycles. The van der Waals surface area contributed by atoms with Crippen LogP contribution in [0.2, 0.25) is 0 Å². The molecule has 4 heterocycles. The summed E-state index contributed by atoms with van der Waals surface area (Å²) in [6.45, 7) is 5.27. The van der Waals surface area contributed by atoms with Gasteiger partial charge in [0.15, 0.2) is 0 Å². The Balaban J connectivity index is 1.67. The van der Waals surface area contributed by atoms with Crippen molar-refractivity contribution in [1.82, 2.24) is 9.97 Å². The molecule has 2 aromatic heterocycles. The number of aromatic amines is 1. The van der Waals surface area contributed by atoms with Crippen LogP contribution in [0.1, 0.15) is 31.5 Å². The summed E-state index contributed by atoms with van der Waals surface area (Å²) in [5.41, 5.74) is 1.98. The summed E-state index contributed by atoms with van der Waals surface area (Å²) in [6, 6.07) is 10.3. The third kappa shape index (κ3) is 3.26. The zero-order valence-electron chi connectivity index (χ0n) is 14.5. The molecule has 6 nitrogen and oxygen atoms in total. The van der Waals surface area contributed by atoms with Crippen LogP contribution in [0, 0.1) is 0 Å². The van der Waals surface area contributed by atoms with Gasteiger partial charge in [-0.05, 0) is 31.9 Å². The molecule has 6 heteroatoms. The Bertz CT molecular complexity index is 776. The van der Waals surface area contributed by atoms with Crippen LogP contribution in [-0.4, -0.2) is 42.3 Å². The molecule has 0 radical (unpaired) electrons. The maximum Gasteiger partial charge on any atom is 0.251 e. The molecule has 4 rings (SSSR count). The van der Waals surface area contributed by atoms with E-state index in [0.717, 1.165) is 43.1 Å². The molecule has 0 unspecified atom stereocenters. The molecule has 1 N–H and O–H groups in total. The molecular weight excluding hydrogens is 316 g/mol. The van der Waals surface area contributed by atoms with Crippen molar-refractivity contribution in [2.45, 2.75) is 31.8 Å². The predicted octanol–water partition coefficient (Wildman–Crippen LogP) is 2.34. The van der Waals surface area contributed by atoms with Gasteiger partial charge in [-0.2, -0.15) is 0 Å². The lowest BCUT2D eigenvalue weighted by Gasteiger charge is -2.36. The second-order valence-electron chi connectivity index (χ2n) is 6.81. The molecule has 132 valence electrons.